The molecule has 4 N–H and O–H groups in total. The van der Waals surface area contributed by atoms with Crippen molar-refractivity contribution in [1.29, 1.82) is 0 Å². The van der Waals surface area contributed by atoms with Crippen molar-refractivity contribution in [3.8, 4) is 5.75 Å². The Morgan fingerprint density at radius 3 is 2.26 bits per heavy atom. The summed E-state index contributed by atoms with van der Waals surface area (Å²) in [4.78, 5) is 51.8. The average molecular weight is 496 g/mol. The van der Waals surface area contributed by atoms with Gasteiger partial charge in [0.05, 0.1) is 19.6 Å². The van der Waals surface area contributed by atoms with E-state index in [9.17, 15) is 29.4 Å². The second kappa shape index (κ2) is 13.5. The number of aliphatic hydroxyl groups is 1. The molecule has 0 bridgehead atoms. The Hall–Kier alpha value is -3.34. The van der Waals surface area contributed by atoms with Crippen molar-refractivity contribution in [3.05, 3.63) is 29.8 Å². The zero-order valence-corrected chi connectivity index (χ0v) is 21.2. The number of aromatic hydroxyl groups is 1. The van der Waals surface area contributed by atoms with Crippen LogP contribution in [-0.2, 0) is 23.9 Å². The first-order valence-corrected chi connectivity index (χ1v) is 11.5. The predicted octanol–water partition coefficient (Wildman–Crippen LogP) is 1.63. The van der Waals surface area contributed by atoms with Gasteiger partial charge in [0.25, 0.3) is 0 Å². The van der Waals surface area contributed by atoms with Gasteiger partial charge in [-0.15, -0.1) is 0 Å². The summed E-state index contributed by atoms with van der Waals surface area (Å²) in [6.45, 7) is 9.32. The van der Waals surface area contributed by atoms with Crippen LogP contribution in [0.1, 0.15) is 59.6 Å². The van der Waals surface area contributed by atoms with E-state index < -0.39 is 54.2 Å². The number of phenolic OH excluding ortho intramolecular Hbond substituents is 1. The van der Waals surface area contributed by atoms with Crippen LogP contribution < -0.4 is 10.6 Å². The van der Waals surface area contributed by atoms with Crippen LogP contribution in [0, 0.1) is 0 Å². The number of carbonyl (C=O) groups is 4. The van der Waals surface area contributed by atoms with Gasteiger partial charge in [0.15, 0.2) is 0 Å². The Morgan fingerprint density at radius 2 is 1.74 bits per heavy atom. The molecule has 0 aromatic heterocycles. The van der Waals surface area contributed by atoms with Crippen molar-refractivity contribution in [2.45, 2.75) is 71.7 Å². The summed E-state index contributed by atoms with van der Waals surface area (Å²) in [5.41, 5.74) is -0.695. The summed E-state index contributed by atoms with van der Waals surface area (Å²) in [5.74, 6) is -2.14. The monoisotopic (exact) mass is 495 g/mol. The minimum Gasteiger partial charge on any atom is -0.508 e. The van der Waals surface area contributed by atoms with E-state index in [0.717, 1.165) is 4.90 Å². The molecule has 3 amide bonds. The molecule has 0 fully saturated rings. The molecule has 11 nitrogen and oxygen atoms in total. The fourth-order valence-corrected chi connectivity index (χ4v) is 3.25. The van der Waals surface area contributed by atoms with Crippen molar-refractivity contribution >= 4 is 23.9 Å². The highest BCUT2D eigenvalue weighted by molar-refractivity contribution is 5.93. The van der Waals surface area contributed by atoms with Gasteiger partial charge < -0.3 is 35.2 Å². The van der Waals surface area contributed by atoms with Crippen molar-refractivity contribution in [1.82, 2.24) is 15.5 Å². The number of ether oxygens (including phenoxy) is 2. The zero-order valence-electron chi connectivity index (χ0n) is 21.2. The maximum Gasteiger partial charge on any atom is 0.408 e. The topological polar surface area (TPSA) is 154 Å². The highest BCUT2D eigenvalue weighted by atomic mass is 16.6. The standard InChI is InChI=1S/C24H37N3O8/c1-7-34-19(30)12-13-25-21(31)20(16-10-8-9-11-18(16)29)27(15(2)3)22(32)17(14-28)26-23(33)35-24(4,5)6/h8-11,15,17,20,28-29H,7,12-14H2,1-6H3,(H,25,31)(H,26,33). The predicted molar refractivity (Wildman–Crippen MR) is 127 cm³/mol. The number of carbonyl (C=O) groups excluding carboxylic acids is 4. The Balaban J connectivity index is 3.28. The molecule has 1 aromatic rings. The SMILES string of the molecule is CCOC(=O)CCNC(=O)C(c1ccccc1O)N(C(=O)C(CO)NC(=O)OC(C)(C)C)C(C)C. The van der Waals surface area contributed by atoms with Crippen LogP contribution in [0.2, 0.25) is 0 Å². The molecule has 11 heteroatoms. The van der Waals surface area contributed by atoms with Crippen molar-refractivity contribution in [2.75, 3.05) is 19.8 Å². The molecule has 35 heavy (non-hydrogen) atoms. The number of hydrogen-bond donors (Lipinski definition) is 4. The van der Waals surface area contributed by atoms with E-state index in [-0.39, 0.29) is 30.9 Å². The fraction of sp³-hybridized carbons (Fsp3) is 0.583. The fourth-order valence-electron chi connectivity index (χ4n) is 3.25. The van der Waals surface area contributed by atoms with Crippen LogP contribution >= 0.6 is 0 Å². The maximum atomic E-state index is 13.5. The molecule has 0 spiro atoms. The summed E-state index contributed by atoms with van der Waals surface area (Å²) >= 11 is 0. The minimum atomic E-state index is -1.41. The van der Waals surface area contributed by atoms with E-state index in [0.29, 0.717) is 0 Å². The molecule has 1 rings (SSSR count). The smallest absolute Gasteiger partial charge is 0.408 e. The number of phenols is 1. The van der Waals surface area contributed by atoms with Crippen LogP contribution in [-0.4, -0.2) is 76.4 Å². The molecule has 0 aliphatic heterocycles. The maximum absolute atomic E-state index is 13.5. The van der Waals surface area contributed by atoms with E-state index in [1.165, 1.54) is 12.1 Å². The summed E-state index contributed by atoms with van der Waals surface area (Å²) in [7, 11) is 0. The van der Waals surface area contributed by atoms with Crippen molar-refractivity contribution in [2.24, 2.45) is 0 Å². The first-order valence-electron chi connectivity index (χ1n) is 11.5. The van der Waals surface area contributed by atoms with Crippen LogP contribution in [0.5, 0.6) is 5.75 Å². The van der Waals surface area contributed by atoms with Crippen LogP contribution in [0.25, 0.3) is 0 Å². The number of hydrogen-bond acceptors (Lipinski definition) is 8. The number of aliphatic hydroxyl groups excluding tert-OH is 1. The lowest BCUT2D eigenvalue weighted by atomic mass is 10.00. The number of esters is 1. The molecule has 0 heterocycles. The highest BCUT2D eigenvalue weighted by Gasteiger charge is 2.38. The van der Waals surface area contributed by atoms with Gasteiger partial charge in [0, 0.05) is 18.2 Å². The van der Waals surface area contributed by atoms with Gasteiger partial charge in [-0.3, -0.25) is 14.4 Å². The molecule has 0 aliphatic rings. The summed E-state index contributed by atoms with van der Waals surface area (Å²) in [6, 6.07) is 2.71. The third-order valence-electron chi connectivity index (χ3n) is 4.67. The molecule has 0 aliphatic carbocycles. The number of benzene rings is 1. The first-order chi connectivity index (χ1) is 16.3. The zero-order chi connectivity index (χ0) is 26.8. The molecule has 0 saturated carbocycles. The van der Waals surface area contributed by atoms with Gasteiger partial charge in [0.2, 0.25) is 11.8 Å². The number of amides is 3. The largest absolute Gasteiger partial charge is 0.508 e. The van der Waals surface area contributed by atoms with Gasteiger partial charge in [0.1, 0.15) is 23.4 Å². The van der Waals surface area contributed by atoms with Gasteiger partial charge in [-0.2, -0.15) is 0 Å². The van der Waals surface area contributed by atoms with E-state index in [1.807, 2.05) is 0 Å². The summed E-state index contributed by atoms with van der Waals surface area (Å²) in [5, 5.41) is 25.2. The number of alkyl carbamates (subject to hydrolysis) is 1. The van der Waals surface area contributed by atoms with Crippen molar-refractivity contribution < 1.29 is 38.9 Å². The number of para-hydroxylation sites is 1. The quantitative estimate of drug-likeness (QED) is 0.338. The lowest BCUT2D eigenvalue weighted by Gasteiger charge is -2.37. The first kappa shape index (κ1) is 29.7. The highest BCUT2D eigenvalue weighted by Crippen LogP contribution is 2.31. The minimum absolute atomic E-state index is 0.0541. The van der Waals surface area contributed by atoms with Crippen LogP contribution in [0.15, 0.2) is 24.3 Å². The van der Waals surface area contributed by atoms with E-state index >= 15 is 0 Å². The molecule has 0 radical (unpaired) electrons. The van der Waals surface area contributed by atoms with Gasteiger partial charge >= 0.3 is 12.1 Å². The average Bonchev–Trinajstić information content (AvgIpc) is 2.74. The lowest BCUT2D eigenvalue weighted by Crippen LogP contribution is -2.56. The Kier molecular flexibility index (Phi) is 11.5. The summed E-state index contributed by atoms with van der Waals surface area (Å²) < 4.78 is 10.0. The van der Waals surface area contributed by atoms with Crippen LogP contribution in [0.4, 0.5) is 4.79 Å². The third-order valence-corrected chi connectivity index (χ3v) is 4.67. The van der Waals surface area contributed by atoms with Gasteiger partial charge in [-0.05, 0) is 47.6 Å². The molecular weight excluding hydrogens is 458 g/mol. The second-order valence-electron chi connectivity index (χ2n) is 9.03. The van der Waals surface area contributed by atoms with E-state index in [2.05, 4.69) is 10.6 Å². The third kappa shape index (κ3) is 9.44. The summed E-state index contributed by atoms with van der Waals surface area (Å²) in [6.07, 6.45) is -0.992. The Labute approximate surface area is 205 Å². The molecule has 2 atom stereocenters. The van der Waals surface area contributed by atoms with Crippen molar-refractivity contribution in [3.63, 3.8) is 0 Å². The van der Waals surface area contributed by atoms with Gasteiger partial charge in [-0.25, -0.2) is 4.79 Å². The molecular formula is C24H37N3O8. The number of nitrogens with zero attached hydrogens (tertiary/aromatic N) is 1. The van der Waals surface area contributed by atoms with E-state index in [4.69, 9.17) is 9.47 Å². The van der Waals surface area contributed by atoms with Gasteiger partial charge in [-0.1, -0.05) is 18.2 Å². The molecule has 1 aromatic carbocycles. The second-order valence-corrected chi connectivity index (χ2v) is 9.03. The molecule has 2 unspecified atom stereocenters. The lowest BCUT2D eigenvalue weighted by molar-refractivity contribution is -0.146. The molecule has 196 valence electrons. The number of nitrogens with one attached hydrogen (secondary N) is 2. The van der Waals surface area contributed by atoms with Crippen LogP contribution in [0.3, 0.4) is 0 Å². The number of rotatable bonds is 11. The Bertz CT molecular complexity index is 882. The molecule has 0 saturated heterocycles. The normalized spacial score (nSPS) is 12.9. The van der Waals surface area contributed by atoms with E-state index in [1.54, 1.807) is 53.7 Å². The Morgan fingerprint density at radius 1 is 1.11 bits per heavy atom.